The number of ether oxygens (including phenoxy) is 1. The Labute approximate surface area is 109 Å². The molecule has 0 aliphatic rings. The highest BCUT2D eigenvalue weighted by Gasteiger charge is 2.12. The Morgan fingerprint density at radius 1 is 1.16 bits per heavy atom. The van der Waals surface area contributed by atoms with Gasteiger partial charge in [0.05, 0.1) is 5.56 Å². The molecule has 0 aromatic heterocycles. The largest absolute Gasteiger partial charge is 0.456 e. The molecule has 0 aliphatic carbocycles. The zero-order valence-corrected chi connectivity index (χ0v) is 10.3. The van der Waals surface area contributed by atoms with E-state index in [1.54, 1.807) is 19.1 Å². The van der Waals surface area contributed by atoms with Crippen molar-refractivity contribution in [3.63, 3.8) is 0 Å². The molecule has 0 atom stereocenters. The topological polar surface area (TPSA) is 78.3 Å². The van der Waals surface area contributed by atoms with E-state index in [-0.39, 0.29) is 11.3 Å². The van der Waals surface area contributed by atoms with Crippen LogP contribution in [0.15, 0.2) is 36.4 Å². The molecule has 0 radical (unpaired) electrons. The third-order valence-corrected chi connectivity index (χ3v) is 2.64. The molecule has 2 aromatic carbocycles. The second-order valence-electron chi connectivity index (χ2n) is 4.13. The Morgan fingerprint density at radius 3 is 2.58 bits per heavy atom. The molecule has 1 amide bonds. The van der Waals surface area contributed by atoms with Crippen molar-refractivity contribution in [3.05, 3.63) is 53.3 Å². The molecule has 98 valence electrons. The maximum absolute atomic E-state index is 13.2. The molecule has 5 heteroatoms. The van der Waals surface area contributed by atoms with Gasteiger partial charge in [-0.05, 0) is 30.7 Å². The highest BCUT2D eigenvalue weighted by molar-refractivity contribution is 5.96. The van der Waals surface area contributed by atoms with Crippen LogP contribution in [-0.2, 0) is 0 Å². The lowest BCUT2D eigenvalue weighted by Crippen LogP contribution is -2.12. The first-order chi connectivity index (χ1) is 8.97. The van der Waals surface area contributed by atoms with Crippen molar-refractivity contribution in [3.8, 4) is 11.5 Å². The molecule has 0 aliphatic heterocycles. The molecule has 0 saturated carbocycles. The van der Waals surface area contributed by atoms with E-state index in [0.29, 0.717) is 11.4 Å². The molecular formula is C14H13FN2O2. The molecule has 0 fully saturated rings. The summed E-state index contributed by atoms with van der Waals surface area (Å²) in [4.78, 5) is 11.3. The van der Waals surface area contributed by atoms with Crippen LogP contribution in [0, 0.1) is 12.7 Å². The van der Waals surface area contributed by atoms with Gasteiger partial charge in [-0.15, -0.1) is 0 Å². The van der Waals surface area contributed by atoms with E-state index in [1.165, 1.54) is 24.3 Å². The molecule has 4 nitrogen and oxygen atoms in total. The van der Waals surface area contributed by atoms with Gasteiger partial charge in [-0.1, -0.05) is 6.07 Å². The van der Waals surface area contributed by atoms with Crippen LogP contribution in [-0.4, -0.2) is 5.91 Å². The lowest BCUT2D eigenvalue weighted by molar-refractivity contribution is 0.0998. The number of nitrogen functional groups attached to an aromatic ring is 1. The minimum atomic E-state index is -0.635. The van der Waals surface area contributed by atoms with Crippen molar-refractivity contribution >= 4 is 11.6 Å². The lowest BCUT2D eigenvalue weighted by Gasteiger charge is -2.12. The molecule has 0 heterocycles. The van der Waals surface area contributed by atoms with Gasteiger partial charge in [0, 0.05) is 17.8 Å². The van der Waals surface area contributed by atoms with Crippen molar-refractivity contribution in [2.45, 2.75) is 6.92 Å². The van der Waals surface area contributed by atoms with E-state index in [0.717, 1.165) is 5.56 Å². The number of halogens is 1. The molecule has 0 saturated heterocycles. The lowest BCUT2D eigenvalue weighted by atomic mass is 10.1. The van der Waals surface area contributed by atoms with Gasteiger partial charge in [-0.25, -0.2) is 4.39 Å². The van der Waals surface area contributed by atoms with Crippen LogP contribution in [0.1, 0.15) is 15.9 Å². The molecule has 0 bridgehead atoms. The molecule has 0 unspecified atom stereocenters. The smallest absolute Gasteiger partial charge is 0.252 e. The summed E-state index contributed by atoms with van der Waals surface area (Å²) in [5, 5.41) is 0. The molecule has 2 aromatic rings. The van der Waals surface area contributed by atoms with Crippen molar-refractivity contribution < 1.29 is 13.9 Å². The number of hydrogen-bond acceptors (Lipinski definition) is 3. The fourth-order valence-electron chi connectivity index (χ4n) is 1.63. The monoisotopic (exact) mass is 260 g/mol. The quantitative estimate of drug-likeness (QED) is 0.832. The van der Waals surface area contributed by atoms with Gasteiger partial charge in [-0.2, -0.15) is 0 Å². The minimum absolute atomic E-state index is 0.192. The van der Waals surface area contributed by atoms with Crippen molar-refractivity contribution in [2.75, 3.05) is 5.73 Å². The van der Waals surface area contributed by atoms with Crippen LogP contribution >= 0.6 is 0 Å². The first-order valence-electron chi connectivity index (χ1n) is 5.60. The normalized spacial score (nSPS) is 10.2. The zero-order valence-electron chi connectivity index (χ0n) is 10.3. The number of hydrogen-bond donors (Lipinski definition) is 2. The molecule has 0 spiro atoms. The second-order valence-corrected chi connectivity index (χ2v) is 4.13. The number of nitrogens with two attached hydrogens (primary N) is 2. The molecule has 19 heavy (non-hydrogen) atoms. The number of primary amides is 1. The summed E-state index contributed by atoms with van der Waals surface area (Å²) in [5.41, 5.74) is 12.2. The van der Waals surface area contributed by atoms with Gasteiger partial charge in [0.1, 0.15) is 17.3 Å². The predicted octanol–water partition coefficient (Wildman–Crippen LogP) is 2.61. The van der Waals surface area contributed by atoms with Crippen LogP contribution < -0.4 is 16.2 Å². The fourth-order valence-corrected chi connectivity index (χ4v) is 1.63. The van der Waals surface area contributed by atoms with Gasteiger partial charge in [0.25, 0.3) is 5.91 Å². The summed E-state index contributed by atoms with van der Waals surface area (Å²) < 4.78 is 18.7. The number of benzene rings is 2. The average molecular weight is 260 g/mol. The SMILES string of the molecule is Cc1ccc(F)cc1Oc1cc(N)ccc1C(N)=O. The van der Waals surface area contributed by atoms with Crippen LogP contribution in [0.25, 0.3) is 0 Å². The standard InChI is InChI=1S/C14H13FN2O2/c1-8-2-3-9(15)6-12(8)19-13-7-10(16)4-5-11(13)14(17)18/h2-7H,16H2,1H3,(H2,17,18). The number of aryl methyl sites for hydroxylation is 1. The van der Waals surface area contributed by atoms with Gasteiger partial charge < -0.3 is 16.2 Å². The Kier molecular flexibility index (Phi) is 3.37. The summed E-state index contributed by atoms with van der Waals surface area (Å²) in [6.07, 6.45) is 0. The Morgan fingerprint density at radius 2 is 1.89 bits per heavy atom. The third-order valence-electron chi connectivity index (χ3n) is 2.64. The summed E-state index contributed by atoms with van der Waals surface area (Å²) in [6, 6.07) is 8.65. The van der Waals surface area contributed by atoms with Crippen LogP contribution in [0.4, 0.5) is 10.1 Å². The predicted molar refractivity (Wildman–Crippen MR) is 70.6 cm³/mol. The average Bonchev–Trinajstić information content (AvgIpc) is 2.33. The summed E-state index contributed by atoms with van der Waals surface area (Å²) in [6.45, 7) is 1.77. The number of amides is 1. The van der Waals surface area contributed by atoms with Crippen LogP contribution in [0.5, 0.6) is 11.5 Å². The van der Waals surface area contributed by atoms with E-state index in [9.17, 15) is 9.18 Å². The maximum Gasteiger partial charge on any atom is 0.252 e. The van der Waals surface area contributed by atoms with Gasteiger partial charge >= 0.3 is 0 Å². The first kappa shape index (κ1) is 12.9. The van der Waals surface area contributed by atoms with E-state index in [2.05, 4.69) is 0 Å². The van der Waals surface area contributed by atoms with Crippen LogP contribution in [0.3, 0.4) is 0 Å². The summed E-state index contributed by atoms with van der Waals surface area (Å²) >= 11 is 0. The Hall–Kier alpha value is -2.56. The number of rotatable bonds is 3. The highest BCUT2D eigenvalue weighted by Crippen LogP contribution is 2.29. The molecule has 2 rings (SSSR count). The van der Waals surface area contributed by atoms with E-state index in [4.69, 9.17) is 16.2 Å². The van der Waals surface area contributed by atoms with Crippen molar-refractivity contribution in [1.82, 2.24) is 0 Å². The maximum atomic E-state index is 13.2. The van der Waals surface area contributed by atoms with Crippen molar-refractivity contribution in [1.29, 1.82) is 0 Å². The Bertz CT molecular complexity index is 641. The number of carbonyl (C=O) groups is 1. The Balaban J connectivity index is 2.45. The third kappa shape index (κ3) is 2.82. The molecular weight excluding hydrogens is 247 g/mol. The van der Waals surface area contributed by atoms with E-state index >= 15 is 0 Å². The van der Waals surface area contributed by atoms with E-state index in [1.807, 2.05) is 0 Å². The fraction of sp³-hybridized carbons (Fsp3) is 0.0714. The second kappa shape index (κ2) is 4.97. The van der Waals surface area contributed by atoms with Crippen LogP contribution in [0.2, 0.25) is 0 Å². The minimum Gasteiger partial charge on any atom is -0.456 e. The van der Waals surface area contributed by atoms with Gasteiger partial charge in [0.2, 0.25) is 0 Å². The van der Waals surface area contributed by atoms with Crippen molar-refractivity contribution in [2.24, 2.45) is 5.73 Å². The van der Waals surface area contributed by atoms with Gasteiger partial charge in [-0.3, -0.25) is 4.79 Å². The van der Waals surface area contributed by atoms with Gasteiger partial charge in [0.15, 0.2) is 0 Å². The number of carbonyl (C=O) groups excluding carboxylic acids is 1. The molecule has 4 N–H and O–H groups in total. The first-order valence-corrected chi connectivity index (χ1v) is 5.60. The number of anilines is 1. The highest BCUT2D eigenvalue weighted by atomic mass is 19.1. The zero-order chi connectivity index (χ0) is 14.0. The summed E-state index contributed by atoms with van der Waals surface area (Å²) in [7, 11) is 0. The van der Waals surface area contributed by atoms with E-state index < -0.39 is 11.7 Å². The summed E-state index contributed by atoms with van der Waals surface area (Å²) in [5.74, 6) is -0.538.